The molecule has 0 spiro atoms. The van der Waals surface area contributed by atoms with Crippen LogP contribution >= 0.6 is 11.8 Å². The number of hydrogen-bond acceptors (Lipinski definition) is 3. The Kier molecular flexibility index (Phi) is 4.05. The molecule has 1 heterocycles. The minimum atomic E-state index is -0.189. The van der Waals surface area contributed by atoms with Crippen molar-refractivity contribution in [1.29, 1.82) is 0 Å². The summed E-state index contributed by atoms with van der Waals surface area (Å²) in [4.78, 5) is 4.45. The maximum Gasteiger partial charge on any atom is 0.157 e. The van der Waals surface area contributed by atoms with Gasteiger partial charge in [0.05, 0.1) is 6.54 Å². The van der Waals surface area contributed by atoms with Gasteiger partial charge in [-0.3, -0.25) is 4.99 Å². The SMILES string of the molecule is CC(C)C1CN=C(NCc2cccc(F)c2)S1. The minimum Gasteiger partial charge on any atom is -0.361 e. The van der Waals surface area contributed by atoms with Gasteiger partial charge >= 0.3 is 0 Å². The van der Waals surface area contributed by atoms with Crippen LogP contribution in [0, 0.1) is 11.7 Å². The molecule has 0 aliphatic carbocycles. The van der Waals surface area contributed by atoms with Gasteiger partial charge in [0, 0.05) is 11.8 Å². The summed E-state index contributed by atoms with van der Waals surface area (Å²) in [5.41, 5.74) is 0.946. The van der Waals surface area contributed by atoms with E-state index in [1.54, 1.807) is 23.9 Å². The number of halogens is 1. The molecule has 4 heteroatoms. The van der Waals surface area contributed by atoms with Crippen molar-refractivity contribution in [2.45, 2.75) is 25.6 Å². The van der Waals surface area contributed by atoms with Crippen LogP contribution in [0.1, 0.15) is 19.4 Å². The Morgan fingerprint density at radius 2 is 2.35 bits per heavy atom. The summed E-state index contributed by atoms with van der Waals surface area (Å²) in [5.74, 6) is 0.447. The molecule has 1 aromatic rings. The molecule has 1 aliphatic rings. The molecule has 1 unspecified atom stereocenters. The van der Waals surface area contributed by atoms with Gasteiger partial charge in [0.1, 0.15) is 5.82 Å². The van der Waals surface area contributed by atoms with Gasteiger partial charge in [-0.1, -0.05) is 37.7 Å². The molecular formula is C13H17FN2S. The van der Waals surface area contributed by atoms with Crippen molar-refractivity contribution in [3.05, 3.63) is 35.6 Å². The molecule has 2 nitrogen and oxygen atoms in total. The van der Waals surface area contributed by atoms with Gasteiger partial charge in [0.15, 0.2) is 5.17 Å². The maximum atomic E-state index is 13.0. The third-order valence-electron chi connectivity index (χ3n) is 2.75. The number of rotatable bonds is 3. The van der Waals surface area contributed by atoms with Crippen LogP contribution in [0.5, 0.6) is 0 Å². The average Bonchev–Trinajstić information content (AvgIpc) is 2.75. The molecule has 0 fully saturated rings. The van der Waals surface area contributed by atoms with E-state index in [2.05, 4.69) is 24.2 Å². The van der Waals surface area contributed by atoms with Crippen LogP contribution in [-0.2, 0) is 6.54 Å². The summed E-state index contributed by atoms with van der Waals surface area (Å²) in [6.45, 7) is 5.94. The minimum absolute atomic E-state index is 0.189. The number of hydrogen-bond donors (Lipinski definition) is 1. The van der Waals surface area contributed by atoms with Gasteiger partial charge in [-0.05, 0) is 23.6 Å². The third kappa shape index (κ3) is 3.46. The molecule has 1 aromatic carbocycles. The monoisotopic (exact) mass is 252 g/mol. The lowest BCUT2D eigenvalue weighted by atomic mass is 10.1. The molecule has 0 saturated carbocycles. The normalized spacial score (nSPS) is 19.5. The van der Waals surface area contributed by atoms with Gasteiger partial charge in [0.25, 0.3) is 0 Å². The Morgan fingerprint density at radius 1 is 1.53 bits per heavy atom. The second-order valence-electron chi connectivity index (χ2n) is 4.53. The van der Waals surface area contributed by atoms with Gasteiger partial charge < -0.3 is 5.32 Å². The van der Waals surface area contributed by atoms with Crippen LogP contribution < -0.4 is 5.32 Å². The summed E-state index contributed by atoms with van der Waals surface area (Å²) in [7, 11) is 0. The Labute approximate surface area is 106 Å². The molecule has 0 bridgehead atoms. The summed E-state index contributed by atoms with van der Waals surface area (Å²) >= 11 is 1.79. The predicted octanol–water partition coefficient (Wildman–Crippen LogP) is 3.04. The zero-order chi connectivity index (χ0) is 12.3. The van der Waals surface area contributed by atoms with Gasteiger partial charge in [-0.15, -0.1) is 0 Å². The van der Waals surface area contributed by atoms with E-state index in [0.717, 1.165) is 17.3 Å². The van der Waals surface area contributed by atoms with E-state index in [-0.39, 0.29) is 5.82 Å². The van der Waals surface area contributed by atoms with Gasteiger partial charge in [0.2, 0.25) is 0 Å². The number of amidine groups is 1. The largest absolute Gasteiger partial charge is 0.361 e. The van der Waals surface area contributed by atoms with Crippen LogP contribution in [0.3, 0.4) is 0 Å². The van der Waals surface area contributed by atoms with E-state index >= 15 is 0 Å². The van der Waals surface area contributed by atoms with Crippen molar-refractivity contribution in [3.63, 3.8) is 0 Å². The number of nitrogens with zero attached hydrogens (tertiary/aromatic N) is 1. The van der Waals surface area contributed by atoms with Gasteiger partial charge in [-0.2, -0.15) is 0 Å². The molecule has 0 amide bonds. The molecule has 2 rings (SSSR count). The Balaban J connectivity index is 1.84. The quantitative estimate of drug-likeness (QED) is 0.894. The second-order valence-corrected chi connectivity index (χ2v) is 5.76. The molecule has 1 atom stereocenters. The zero-order valence-corrected chi connectivity index (χ0v) is 10.9. The van der Waals surface area contributed by atoms with Crippen molar-refractivity contribution in [1.82, 2.24) is 5.32 Å². The summed E-state index contributed by atoms with van der Waals surface area (Å²) < 4.78 is 13.0. The first-order valence-electron chi connectivity index (χ1n) is 5.84. The fourth-order valence-corrected chi connectivity index (χ4v) is 2.67. The van der Waals surface area contributed by atoms with E-state index in [1.165, 1.54) is 6.07 Å². The third-order valence-corrected chi connectivity index (χ3v) is 4.25. The fraction of sp³-hybridized carbons (Fsp3) is 0.462. The number of benzene rings is 1. The Hall–Kier alpha value is -1.03. The lowest BCUT2D eigenvalue weighted by molar-refractivity contribution is 0.621. The van der Waals surface area contributed by atoms with Crippen molar-refractivity contribution in [3.8, 4) is 0 Å². The fourth-order valence-electron chi connectivity index (χ4n) is 1.66. The topological polar surface area (TPSA) is 24.4 Å². The highest BCUT2D eigenvalue weighted by molar-refractivity contribution is 8.14. The number of nitrogens with one attached hydrogen (secondary N) is 1. The number of thioether (sulfide) groups is 1. The van der Waals surface area contributed by atoms with E-state index in [1.807, 2.05) is 6.07 Å². The van der Waals surface area contributed by atoms with Gasteiger partial charge in [-0.25, -0.2) is 4.39 Å². The molecule has 17 heavy (non-hydrogen) atoms. The predicted molar refractivity (Wildman–Crippen MR) is 71.8 cm³/mol. The first-order chi connectivity index (χ1) is 8.15. The highest BCUT2D eigenvalue weighted by Gasteiger charge is 2.21. The Bertz CT molecular complexity index is 418. The highest BCUT2D eigenvalue weighted by atomic mass is 32.2. The van der Waals surface area contributed by atoms with Crippen LogP contribution in [0.2, 0.25) is 0 Å². The molecule has 1 aliphatic heterocycles. The lowest BCUT2D eigenvalue weighted by Gasteiger charge is -2.12. The summed E-state index contributed by atoms with van der Waals surface area (Å²) in [5, 5.41) is 4.81. The zero-order valence-electron chi connectivity index (χ0n) is 10.1. The van der Waals surface area contributed by atoms with Crippen molar-refractivity contribution < 1.29 is 4.39 Å². The van der Waals surface area contributed by atoms with E-state index in [9.17, 15) is 4.39 Å². The highest BCUT2D eigenvalue weighted by Crippen LogP contribution is 2.25. The van der Waals surface area contributed by atoms with E-state index in [0.29, 0.717) is 17.7 Å². The molecule has 1 N–H and O–H groups in total. The maximum absolute atomic E-state index is 13.0. The van der Waals surface area contributed by atoms with Crippen LogP contribution in [0.25, 0.3) is 0 Å². The van der Waals surface area contributed by atoms with Crippen LogP contribution in [0.15, 0.2) is 29.3 Å². The molecular weight excluding hydrogens is 235 g/mol. The first-order valence-corrected chi connectivity index (χ1v) is 6.72. The molecule has 0 saturated heterocycles. The van der Waals surface area contributed by atoms with E-state index < -0.39 is 0 Å². The first kappa shape index (κ1) is 12.4. The number of aliphatic imine (C=N–C) groups is 1. The van der Waals surface area contributed by atoms with Crippen molar-refractivity contribution >= 4 is 16.9 Å². The second kappa shape index (κ2) is 5.54. The Morgan fingerprint density at radius 3 is 3.00 bits per heavy atom. The smallest absolute Gasteiger partial charge is 0.157 e. The standard InChI is InChI=1S/C13H17FN2S/c1-9(2)12-8-16-13(17-12)15-7-10-4-3-5-11(14)6-10/h3-6,9,12H,7-8H2,1-2H3,(H,15,16). The summed E-state index contributed by atoms with van der Waals surface area (Å²) in [6, 6.07) is 6.65. The average molecular weight is 252 g/mol. The van der Waals surface area contributed by atoms with Crippen LogP contribution in [-0.4, -0.2) is 17.0 Å². The molecule has 0 radical (unpaired) electrons. The van der Waals surface area contributed by atoms with Crippen LogP contribution in [0.4, 0.5) is 4.39 Å². The molecule has 0 aromatic heterocycles. The van der Waals surface area contributed by atoms with Crippen molar-refractivity contribution in [2.75, 3.05) is 6.54 Å². The molecule has 92 valence electrons. The summed E-state index contributed by atoms with van der Waals surface area (Å²) in [6.07, 6.45) is 0. The lowest BCUT2D eigenvalue weighted by Crippen LogP contribution is -2.20. The van der Waals surface area contributed by atoms with E-state index in [4.69, 9.17) is 0 Å². The van der Waals surface area contributed by atoms with Crippen molar-refractivity contribution in [2.24, 2.45) is 10.9 Å².